The molecule has 0 fully saturated rings. The molecule has 0 aliphatic heterocycles. The lowest BCUT2D eigenvalue weighted by Crippen LogP contribution is -2.30. The van der Waals surface area contributed by atoms with Crippen LogP contribution in [0.2, 0.25) is 0 Å². The largest absolute Gasteiger partial charge is 0.379 e. The summed E-state index contributed by atoms with van der Waals surface area (Å²) in [7, 11) is 0. The third-order valence-corrected chi connectivity index (χ3v) is 2.84. The van der Waals surface area contributed by atoms with Gasteiger partial charge in [-0.15, -0.1) is 0 Å². The number of nitrogens with one attached hydrogen (secondary N) is 2. The molecule has 0 bridgehead atoms. The Hall–Kier alpha value is -0.730. The number of ether oxygens (including phenoxy) is 4. The molecule has 0 saturated heterocycles. The molecule has 0 aliphatic rings. The van der Waals surface area contributed by atoms with Crippen molar-refractivity contribution >= 4 is 5.91 Å². The minimum absolute atomic E-state index is 0.0153. The molecule has 1 amide bonds. The third kappa shape index (κ3) is 19.3. The summed E-state index contributed by atoms with van der Waals surface area (Å²) >= 11 is 0. The molecule has 0 radical (unpaired) electrons. The lowest BCUT2D eigenvalue weighted by atomic mass is 10.3. The summed E-state index contributed by atoms with van der Waals surface area (Å²) in [5.74, 6) is 0.0153. The minimum Gasteiger partial charge on any atom is -0.379 e. The van der Waals surface area contributed by atoms with Crippen molar-refractivity contribution < 1.29 is 23.7 Å². The summed E-state index contributed by atoms with van der Waals surface area (Å²) in [4.78, 5) is 11.3. The molecule has 24 heavy (non-hydrogen) atoms. The Morgan fingerprint density at radius 3 is 1.62 bits per heavy atom. The maximum Gasteiger partial charge on any atom is 0.222 e. The molecule has 0 aromatic rings. The quantitative estimate of drug-likeness (QED) is 0.381. The van der Waals surface area contributed by atoms with Gasteiger partial charge in [0.1, 0.15) is 0 Å². The Balaban J connectivity index is 3.09. The molecule has 0 atom stereocenters. The van der Waals surface area contributed by atoms with Crippen molar-refractivity contribution in [2.45, 2.75) is 46.2 Å². The topological polar surface area (TPSA) is 78.1 Å². The first-order valence-electron chi connectivity index (χ1n) is 8.86. The summed E-state index contributed by atoms with van der Waals surface area (Å²) in [6.45, 7) is 13.3. The van der Waals surface area contributed by atoms with E-state index >= 15 is 0 Å². The van der Waals surface area contributed by atoms with Crippen LogP contribution in [0.15, 0.2) is 0 Å². The molecule has 0 heterocycles. The SMILES string of the molecule is CC(C)NCCOCCOCCOCCOCCC(=O)NC(C)C. The molecule has 0 aromatic carbocycles. The number of hydrogen-bond donors (Lipinski definition) is 2. The second-order valence-corrected chi connectivity index (χ2v) is 6.03. The van der Waals surface area contributed by atoms with Crippen LogP contribution in [0.3, 0.4) is 0 Å². The van der Waals surface area contributed by atoms with E-state index in [0.717, 1.165) is 6.54 Å². The van der Waals surface area contributed by atoms with Gasteiger partial charge in [-0.2, -0.15) is 0 Å². The molecule has 0 spiro atoms. The van der Waals surface area contributed by atoms with E-state index in [1.807, 2.05) is 13.8 Å². The Bertz CT molecular complexity index is 288. The van der Waals surface area contributed by atoms with Crippen molar-refractivity contribution in [2.24, 2.45) is 0 Å². The maximum absolute atomic E-state index is 11.3. The Labute approximate surface area is 146 Å². The minimum atomic E-state index is 0.0153. The first kappa shape index (κ1) is 23.3. The lowest BCUT2D eigenvalue weighted by Gasteiger charge is -2.09. The van der Waals surface area contributed by atoms with Gasteiger partial charge in [0.25, 0.3) is 0 Å². The highest BCUT2D eigenvalue weighted by Crippen LogP contribution is 1.87. The van der Waals surface area contributed by atoms with E-state index in [2.05, 4.69) is 24.5 Å². The van der Waals surface area contributed by atoms with Gasteiger partial charge in [0, 0.05) is 25.0 Å². The second kappa shape index (κ2) is 17.1. The van der Waals surface area contributed by atoms with E-state index in [-0.39, 0.29) is 11.9 Å². The predicted octanol–water partition coefficient (Wildman–Crippen LogP) is 0.966. The molecule has 0 aromatic heterocycles. The van der Waals surface area contributed by atoms with Crippen LogP contribution in [-0.2, 0) is 23.7 Å². The van der Waals surface area contributed by atoms with Crippen LogP contribution in [0, 0.1) is 0 Å². The van der Waals surface area contributed by atoms with Crippen molar-refractivity contribution in [3.63, 3.8) is 0 Å². The highest BCUT2D eigenvalue weighted by molar-refractivity contribution is 5.76. The first-order valence-corrected chi connectivity index (χ1v) is 8.86. The van der Waals surface area contributed by atoms with Crippen LogP contribution in [-0.4, -0.2) is 77.4 Å². The zero-order chi connectivity index (χ0) is 18.0. The molecule has 144 valence electrons. The van der Waals surface area contributed by atoms with Gasteiger partial charge in [-0.05, 0) is 13.8 Å². The van der Waals surface area contributed by atoms with Crippen molar-refractivity contribution in [1.82, 2.24) is 10.6 Å². The summed E-state index contributed by atoms with van der Waals surface area (Å²) in [5.41, 5.74) is 0. The van der Waals surface area contributed by atoms with E-state index in [9.17, 15) is 4.79 Å². The highest BCUT2D eigenvalue weighted by Gasteiger charge is 2.02. The van der Waals surface area contributed by atoms with Crippen molar-refractivity contribution in [3.8, 4) is 0 Å². The van der Waals surface area contributed by atoms with Crippen LogP contribution in [0.4, 0.5) is 0 Å². The Kier molecular flexibility index (Phi) is 16.6. The number of amides is 1. The van der Waals surface area contributed by atoms with Gasteiger partial charge < -0.3 is 29.6 Å². The Morgan fingerprint density at radius 2 is 1.17 bits per heavy atom. The van der Waals surface area contributed by atoms with E-state index in [1.165, 1.54) is 0 Å². The number of rotatable bonds is 17. The molecule has 0 saturated carbocycles. The lowest BCUT2D eigenvalue weighted by molar-refractivity contribution is -0.122. The molecule has 7 nitrogen and oxygen atoms in total. The average molecular weight is 348 g/mol. The van der Waals surface area contributed by atoms with Crippen LogP contribution in [0.25, 0.3) is 0 Å². The zero-order valence-electron chi connectivity index (χ0n) is 15.8. The second-order valence-electron chi connectivity index (χ2n) is 6.03. The maximum atomic E-state index is 11.3. The zero-order valence-corrected chi connectivity index (χ0v) is 15.8. The van der Waals surface area contributed by atoms with E-state index in [4.69, 9.17) is 18.9 Å². The number of carbonyl (C=O) groups excluding carboxylic acids is 1. The van der Waals surface area contributed by atoms with E-state index in [1.54, 1.807) is 0 Å². The number of hydrogen-bond acceptors (Lipinski definition) is 6. The molecule has 7 heteroatoms. The van der Waals surface area contributed by atoms with Crippen LogP contribution >= 0.6 is 0 Å². The van der Waals surface area contributed by atoms with Crippen LogP contribution < -0.4 is 10.6 Å². The summed E-state index contributed by atoms with van der Waals surface area (Å²) in [6.07, 6.45) is 0.383. The molecule has 0 aliphatic carbocycles. The molecular weight excluding hydrogens is 312 g/mol. The molecule has 0 unspecified atom stereocenters. The summed E-state index contributed by atoms with van der Waals surface area (Å²) in [6, 6.07) is 0.658. The monoisotopic (exact) mass is 348 g/mol. The van der Waals surface area contributed by atoms with Gasteiger partial charge in [0.05, 0.1) is 52.9 Å². The standard InChI is InChI=1S/C17H36N2O5/c1-15(2)18-6-8-22-10-12-24-14-13-23-11-9-21-7-5-17(20)19-16(3)4/h15-16,18H,5-14H2,1-4H3,(H,19,20). The average Bonchev–Trinajstić information content (AvgIpc) is 2.50. The van der Waals surface area contributed by atoms with E-state index in [0.29, 0.717) is 65.3 Å². The first-order chi connectivity index (χ1) is 11.5. The normalized spacial score (nSPS) is 11.4. The molecule has 2 N–H and O–H groups in total. The van der Waals surface area contributed by atoms with Gasteiger partial charge in [-0.25, -0.2) is 0 Å². The van der Waals surface area contributed by atoms with Gasteiger partial charge in [0.15, 0.2) is 0 Å². The fourth-order valence-corrected chi connectivity index (χ4v) is 1.74. The Morgan fingerprint density at radius 1 is 0.708 bits per heavy atom. The highest BCUT2D eigenvalue weighted by atomic mass is 16.6. The molecule has 0 rings (SSSR count). The summed E-state index contributed by atoms with van der Waals surface area (Å²) in [5, 5.41) is 6.09. The van der Waals surface area contributed by atoms with Crippen molar-refractivity contribution in [3.05, 3.63) is 0 Å². The van der Waals surface area contributed by atoms with E-state index < -0.39 is 0 Å². The summed E-state index contributed by atoms with van der Waals surface area (Å²) < 4.78 is 21.5. The fraction of sp³-hybridized carbons (Fsp3) is 0.941. The van der Waals surface area contributed by atoms with Gasteiger partial charge in [-0.3, -0.25) is 4.79 Å². The van der Waals surface area contributed by atoms with Crippen molar-refractivity contribution in [2.75, 3.05) is 59.4 Å². The fourth-order valence-electron chi connectivity index (χ4n) is 1.74. The predicted molar refractivity (Wildman–Crippen MR) is 94.3 cm³/mol. The number of carbonyl (C=O) groups is 1. The van der Waals surface area contributed by atoms with Crippen molar-refractivity contribution in [1.29, 1.82) is 0 Å². The third-order valence-electron chi connectivity index (χ3n) is 2.84. The van der Waals surface area contributed by atoms with Crippen LogP contribution in [0.1, 0.15) is 34.1 Å². The van der Waals surface area contributed by atoms with Gasteiger partial charge in [0.2, 0.25) is 5.91 Å². The van der Waals surface area contributed by atoms with Gasteiger partial charge >= 0.3 is 0 Å². The van der Waals surface area contributed by atoms with Crippen LogP contribution in [0.5, 0.6) is 0 Å². The molecular formula is C17H36N2O5. The van der Waals surface area contributed by atoms with Gasteiger partial charge in [-0.1, -0.05) is 13.8 Å². The smallest absolute Gasteiger partial charge is 0.222 e.